The molecule has 0 bridgehead atoms. The van der Waals surface area contributed by atoms with Gasteiger partial charge in [-0.1, -0.05) is 24.6 Å². The summed E-state index contributed by atoms with van der Waals surface area (Å²) in [5, 5.41) is 1.91. The summed E-state index contributed by atoms with van der Waals surface area (Å²) in [5.74, 6) is 5.96. The second-order valence-corrected chi connectivity index (χ2v) is 4.28. The third kappa shape index (κ3) is 0.814. The van der Waals surface area contributed by atoms with Crippen LogP contribution in [0.25, 0.3) is 0 Å². The summed E-state index contributed by atoms with van der Waals surface area (Å²) in [6.45, 7) is 1.02. The molecule has 3 rings (SSSR count). The molecule has 1 saturated carbocycles. The molecule has 0 saturated heterocycles. The predicted molar refractivity (Wildman–Crippen MR) is 53.5 cm³/mol. The lowest BCUT2D eigenvalue weighted by Crippen LogP contribution is -2.41. The minimum Gasteiger partial charge on any atom is -0.310 e. The molecule has 0 unspecified atom stereocenters. The van der Waals surface area contributed by atoms with Crippen molar-refractivity contribution in [2.45, 2.75) is 24.7 Å². The highest BCUT2D eigenvalue weighted by atomic mass is 15.4. The average molecular weight is 174 g/mol. The Morgan fingerprint density at radius 3 is 2.69 bits per heavy atom. The highest BCUT2D eigenvalue weighted by Crippen LogP contribution is 2.51. The van der Waals surface area contributed by atoms with E-state index in [1.807, 2.05) is 5.01 Å². The van der Waals surface area contributed by atoms with Gasteiger partial charge < -0.3 is 5.01 Å². The smallest absolute Gasteiger partial charge is 0.0555 e. The van der Waals surface area contributed by atoms with Crippen LogP contribution in [0.1, 0.15) is 24.8 Å². The highest BCUT2D eigenvalue weighted by molar-refractivity contribution is 5.62. The van der Waals surface area contributed by atoms with Crippen molar-refractivity contribution < 1.29 is 0 Å². The summed E-state index contributed by atoms with van der Waals surface area (Å²) in [6.07, 6.45) is 4.00. The fraction of sp³-hybridized carbons (Fsp3) is 0.455. The molecule has 0 aromatic heterocycles. The van der Waals surface area contributed by atoms with Crippen LogP contribution >= 0.6 is 0 Å². The van der Waals surface area contributed by atoms with Crippen molar-refractivity contribution in [3.05, 3.63) is 29.8 Å². The van der Waals surface area contributed by atoms with E-state index in [0.29, 0.717) is 5.41 Å². The number of benzene rings is 1. The van der Waals surface area contributed by atoms with Gasteiger partial charge >= 0.3 is 0 Å². The summed E-state index contributed by atoms with van der Waals surface area (Å²) in [4.78, 5) is 0. The van der Waals surface area contributed by atoms with Gasteiger partial charge in [0.05, 0.1) is 5.69 Å². The van der Waals surface area contributed by atoms with E-state index in [2.05, 4.69) is 24.3 Å². The Morgan fingerprint density at radius 2 is 2.00 bits per heavy atom. The van der Waals surface area contributed by atoms with Crippen molar-refractivity contribution in [1.29, 1.82) is 0 Å². The van der Waals surface area contributed by atoms with Crippen molar-refractivity contribution in [1.82, 2.24) is 0 Å². The molecule has 68 valence electrons. The topological polar surface area (TPSA) is 29.3 Å². The van der Waals surface area contributed by atoms with Crippen molar-refractivity contribution in [3.63, 3.8) is 0 Å². The molecule has 1 aliphatic heterocycles. The fourth-order valence-electron chi connectivity index (χ4n) is 2.70. The number of anilines is 1. The summed E-state index contributed by atoms with van der Waals surface area (Å²) in [5.41, 5.74) is 3.14. The number of para-hydroxylation sites is 1. The molecule has 0 amide bonds. The number of hydrogen-bond donors (Lipinski definition) is 1. The van der Waals surface area contributed by atoms with Gasteiger partial charge in [-0.25, -0.2) is 5.84 Å². The molecule has 0 atom stereocenters. The number of rotatable bonds is 0. The molecule has 0 radical (unpaired) electrons. The van der Waals surface area contributed by atoms with Gasteiger partial charge in [-0.05, 0) is 24.5 Å². The molecule has 2 heteroatoms. The minimum atomic E-state index is 0.422. The minimum absolute atomic E-state index is 0.422. The zero-order chi connectivity index (χ0) is 8.89. The summed E-state index contributed by atoms with van der Waals surface area (Å²) < 4.78 is 0. The summed E-state index contributed by atoms with van der Waals surface area (Å²) in [6, 6.07) is 8.55. The lowest BCUT2D eigenvalue weighted by Gasteiger charge is -2.38. The first-order chi connectivity index (χ1) is 6.32. The monoisotopic (exact) mass is 174 g/mol. The zero-order valence-electron chi connectivity index (χ0n) is 7.66. The Bertz CT molecular complexity index is 342. The molecule has 1 fully saturated rings. The third-order valence-electron chi connectivity index (χ3n) is 3.57. The Balaban J connectivity index is 2.15. The number of nitrogens with zero attached hydrogens (tertiary/aromatic N) is 1. The molecule has 1 aromatic rings. The summed E-state index contributed by atoms with van der Waals surface area (Å²) >= 11 is 0. The van der Waals surface area contributed by atoms with E-state index in [4.69, 9.17) is 5.84 Å². The molecule has 1 aliphatic carbocycles. The van der Waals surface area contributed by atoms with Crippen LogP contribution in [0.2, 0.25) is 0 Å². The van der Waals surface area contributed by atoms with E-state index in [9.17, 15) is 0 Å². The van der Waals surface area contributed by atoms with Gasteiger partial charge in [0.2, 0.25) is 0 Å². The first-order valence-corrected chi connectivity index (χ1v) is 4.94. The number of hydrazine groups is 1. The SMILES string of the molecule is NN1CC2(CCC2)c2ccccc21. The van der Waals surface area contributed by atoms with Crippen LogP contribution in [0.3, 0.4) is 0 Å². The van der Waals surface area contributed by atoms with Crippen LogP contribution in [0.5, 0.6) is 0 Å². The molecule has 1 heterocycles. The van der Waals surface area contributed by atoms with Gasteiger partial charge in [0.1, 0.15) is 0 Å². The average Bonchev–Trinajstić information content (AvgIpc) is 2.40. The first kappa shape index (κ1) is 7.39. The highest BCUT2D eigenvalue weighted by Gasteiger charge is 2.45. The van der Waals surface area contributed by atoms with Gasteiger partial charge in [0.25, 0.3) is 0 Å². The number of fused-ring (bicyclic) bond motifs is 2. The van der Waals surface area contributed by atoms with Crippen LogP contribution in [0.15, 0.2) is 24.3 Å². The molecule has 1 aromatic carbocycles. The molecule has 2 aliphatic rings. The van der Waals surface area contributed by atoms with E-state index in [0.717, 1.165) is 6.54 Å². The van der Waals surface area contributed by atoms with E-state index in [1.54, 1.807) is 0 Å². The second-order valence-electron chi connectivity index (χ2n) is 4.28. The molecular weight excluding hydrogens is 160 g/mol. The Hall–Kier alpha value is -1.02. The maximum Gasteiger partial charge on any atom is 0.0555 e. The standard InChI is InChI=1S/C11H14N2/c12-13-8-11(6-3-7-11)9-4-1-2-5-10(9)13/h1-2,4-5H,3,6-8,12H2. The van der Waals surface area contributed by atoms with Crippen molar-refractivity contribution in [3.8, 4) is 0 Å². The molecule has 13 heavy (non-hydrogen) atoms. The lowest BCUT2D eigenvalue weighted by atomic mass is 9.66. The van der Waals surface area contributed by atoms with Crippen molar-refractivity contribution in [2.75, 3.05) is 11.6 Å². The van der Waals surface area contributed by atoms with Crippen molar-refractivity contribution in [2.24, 2.45) is 5.84 Å². The van der Waals surface area contributed by atoms with Crippen LogP contribution in [-0.2, 0) is 5.41 Å². The van der Waals surface area contributed by atoms with Gasteiger partial charge in [0, 0.05) is 12.0 Å². The Morgan fingerprint density at radius 1 is 1.23 bits per heavy atom. The van der Waals surface area contributed by atoms with Crippen molar-refractivity contribution >= 4 is 5.69 Å². The van der Waals surface area contributed by atoms with Gasteiger partial charge in [0.15, 0.2) is 0 Å². The van der Waals surface area contributed by atoms with E-state index in [-0.39, 0.29) is 0 Å². The third-order valence-corrected chi connectivity index (χ3v) is 3.57. The maximum atomic E-state index is 5.96. The number of nitrogens with two attached hydrogens (primary N) is 1. The van der Waals surface area contributed by atoms with E-state index in [1.165, 1.54) is 30.5 Å². The Kier molecular flexibility index (Phi) is 1.29. The first-order valence-electron chi connectivity index (χ1n) is 4.94. The zero-order valence-corrected chi connectivity index (χ0v) is 7.66. The number of hydrogen-bond acceptors (Lipinski definition) is 2. The second kappa shape index (κ2) is 2.26. The maximum absolute atomic E-state index is 5.96. The quantitative estimate of drug-likeness (QED) is 0.608. The van der Waals surface area contributed by atoms with Crippen LogP contribution in [0, 0.1) is 0 Å². The normalized spacial score (nSPS) is 23.0. The molecule has 2 N–H and O–H groups in total. The Labute approximate surface area is 78.3 Å². The lowest BCUT2D eigenvalue weighted by molar-refractivity contribution is 0.263. The molecule has 1 spiro atoms. The molecule has 2 nitrogen and oxygen atoms in total. The largest absolute Gasteiger partial charge is 0.310 e. The summed E-state index contributed by atoms with van der Waals surface area (Å²) in [7, 11) is 0. The van der Waals surface area contributed by atoms with Crippen LogP contribution in [0.4, 0.5) is 5.69 Å². The predicted octanol–water partition coefficient (Wildman–Crippen LogP) is 1.80. The van der Waals surface area contributed by atoms with Gasteiger partial charge in [-0.2, -0.15) is 0 Å². The van der Waals surface area contributed by atoms with E-state index < -0.39 is 0 Å². The van der Waals surface area contributed by atoms with Crippen LogP contribution in [-0.4, -0.2) is 6.54 Å². The van der Waals surface area contributed by atoms with E-state index >= 15 is 0 Å². The molecular formula is C11H14N2. The van der Waals surface area contributed by atoms with Gasteiger partial charge in [-0.15, -0.1) is 0 Å². The van der Waals surface area contributed by atoms with Gasteiger partial charge in [-0.3, -0.25) is 0 Å². The fourth-order valence-corrected chi connectivity index (χ4v) is 2.70. The van der Waals surface area contributed by atoms with Crippen LogP contribution < -0.4 is 10.9 Å².